The number of anilines is 1. The highest BCUT2D eigenvalue weighted by Gasteiger charge is 2.39. The first-order chi connectivity index (χ1) is 15.4. The largest absolute Gasteiger partial charge is 0.325 e. The molecule has 1 aromatic heterocycles. The van der Waals surface area contributed by atoms with Crippen LogP contribution in [0, 0.1) is 6.92 Å². The van der Waals surface area contributed by atoms with Gasteiger partial charge in [0, 0.05) is 30.6 Å². The number of carbonyl (C=O) groups excluding carboxylic acids is 4. The molecule has 2 aliphatic rings. The summed E-state index contributed by atoms with van der Waals surface area (Å²) >= 11 is 0. The molecule has 8 heteroatoms. The van der Waals surface area contributed by atoms with Gasteiger partial charge in [0.1, 0.15) is 6.04 Å². The van der Waals surface area contributed by atoms with Gasteiger partial charge in [-0.05, 0) is 55.0 Å². The summed E-state index contributed by atoms with van der Waals surface area (Å²) in [4.78, 5) is 54.8. The predicted octanol–water partition coefficient (Wildman–Crippen LogP) is 2.28. The number of rotatable bonds is 6. The van der Waals surface area contributed by atoms with E-state index in [-0.39, 0.29) is 30.6 Å². The number of aryl methyl sites for hydroxylation is 3. The third-order valence-electron chi connectivity index (χ3n) is 6.04. The summed E-state index contributed by atoms with van der Waals surface area (Å²) in [6.07, 6.45) is 3.85. The quantitative estimate of drug-likeness (QED) is 0.678. The number of benzene rings is 1. The number of hydrogen-bond acceptors (Lipinski definition) is 5. The molecule has 0 spiro atoms. The molecule has 1 fully saturated rings. The summed E-state index contributed by atoms with van der Waals surface area (Å²) in [6, 6.07) is 6.89. The number of imide groups is 1. The van der Waals surface area contributed by atoms with Crippen LogP contribution in [-0.4, -0.2) is 39.6 Å². The zero-order valence-corrected chi connectivity index (χ0v) is 18.2. The van der Waals surface area contributed by atoms with Crippen LogP contribution in [0.25, 0.3) is 0 Å². The van der Waals surface area contributed by atoms with Gasteiger partial charge in [-0.3, -0.25) is 29.5 Å². The molecule has 2 N–H and O–H groups in total. The van der Waals surface area contributed by atoms with Crippen molar-refractivity contribution in [1.29, 1.82) is 0 Å². The van der Waals surface area contributed by atoms with E-state index in [2.05, 4.69) is 15.6 Å². The Kier molecular flexibility index (Phi) is 6.03. The van der Waals surface area contributed by atoms with Crippen molar-refractivity contribution in [1.82, 2.24) is 15.2 Å². The Balaban J connectivity index is 1.37. The summed E-state index contributed by atoms with van der Waals surface area (Å²) in [5.74, 6) is -1.05. The van der Waals surface area contributed by atoms with Gasteiger partial charge in [-0.2, -0.15) is 0 Å². The van der Waals surface area contributed by atoms with Crippen LogP contribution in [0.15, 0.2) is 30.5 Å². The minimum Gasteiger partial charge on any atom is -0.325 e. The van der Waals surface area contributed by atoms with Gasteiger partial charge in [-0.15, -0.1) is 0 Å². The summed E-state index contributed by atoms with van der Waals surface area (Å²) in [5, 5.41) is 5.18. The number of fused-ring (bicyclic) bond motifs is 1. The van der Waals surface area contributed by atoms with Gasteiger partial charge >= 0.3 is 0 Å². The van der Waals surface area contributed by atoms with Gasteiger partial charge in [-0.25, -0.2) is 0 Å². The highest BCUT2D eigenvalue weighted by molar-refractivity contribution is 6.05. The average molecular weight is 434 g/mol. The van der Waals surface area contributed by atoms with Crippen molar-refractivity contribution >= 4 is 29.3 Å². The molecule has 0 radical (unpaired) electrons. The molecule has 166 valence electrons. The number of nitrogens with zero attached hydrogens (tertiary/aromatic N) is 2. The molecule has 32 heavy (non-hydrogen) atoms. The predicted molar refractivity (Wildman–Crippen MR) is 118 cm³/mol. The monoisotopic (exact) mass is 434 g/mol. The zero-order valence-electron chi connectivity index (χ0n) is 18.2. The standard InChI is InChI=1S/C24H26N4O4/c1-3-19-14(2)10-17(12-25-19)26-21(29)8-5-15-4-6-16-13-28(24(32)18(16)11-15)20-7-9-22(30)27-23(20)31/h4,6,10-12,20H,3,5,7-9,13H2,1-2H3,(H,26,29)(H,27,30,31). The van der Waals surface area contributed by atoms with E-state index in [9.17, 15) is 19.2 Å². The maximum absolute atomic E-state index is 12.9. The Morgan fingerprint density at radius 2 is 2.06 bits per heavy atom. The van der Waals surface area contributed by atoms with Crippen LogP contribution >= 0.6 is 0 Å². The second kappa shape index (κ2) is 8.90. The molecule has 2 aromatic rings. The fraction of sp³-hybridized carbons (Fsp3) is 0.375. The SMILES string of the molecule is CCc1ncc(NC(=O)CCc2ccc3c(c2)C(=O)N(C2CCC(=O)NC2=O)C3)cc1C. The van der Waals surface area contributed by atoms with E-state index in [4.69, 9.17) is 0 Å². The van der Waals surface area contributed by atoms with Crippen LogP contribution in [0.4, 0.5) is 5.69 Å². The summed E-state index contributed by atoms with van der Waals surface area (Å²) in [6.45, 7) is 4.36. The van der Waals surface area contributed by atoms with E-state index in [1.165, 1.54) is 4.90 Å². The summed E-state index contributed by atoms with van der Waals surface area (Å²) in [7, 11) is 0. The van der Waals surface area contributed by atoms with Crippen LogP contribution in [0.5, 0.6) is 0 Å². The van der Waals surface area contributed by atoms with Crippen molar-refractivity contribution in [3.8, 4) is 0 Å². The number of aromatic nitrogens is 1. The first kappa shape index (κ1) is 21.7. The molecule has 1 atom stereocenters. The third-order valence-corrected chi connectivity index (χ3v) is 6.04. The Morgan fingerprint density at radius 3 is 2.78 bits per heavy atom. The molecule has 0 bridgehead atoms. The van der Waals surface area contributed by atoms with E-state index in [0.29, 0.717) is 30.6 Å². The lowest BCUT2D eigenvalue weighted by Gasteiger charge is -2.29. The minimum absolute atomic E-state index is 0.118. The Bertz CT molecular complexity index is 1110. The molecule has 1 saturated heterocycles. The molecule has 8 nitrogen and oxygen atoms in total. The molecule has 4 rings (SSSR count). The highest BCUT2D eigenvalue weighted by atomic mass is 16.2. The van der Waals surface area contributed by atoms with E-state index in [0.717, 1.165) is 28.8 Å². The topological polar surface area (TPSA) is 108 Å². The molecule has 2 aliphatic heterocycles. The number of nitrogens with one attached hydrogen (secondary N) is 2. The van der Waals surface area contributed by atoms with Gasteiger partial charge < -0.3 is 10.2 Å². The second-order valence-corrected chi connectivity index (χ2v) is 8.28. The van der Waals surface area contributed by atoms with Crippen molar-refractivity contribution in [2.24, 2.45) is 0 Å². The molecular formula is C24H26N4O4. The number of hydrogen-bond donors (Lipinski definition) is 2. The number of amides is 4. The molecule has 0 saturated carbocycles. The van der Waals surface area contributed by atoms with E-state index >= 15 is 0 Å². The van der Waals surface area contributed by atoms with Crippen LogP contribution in [0.2, 0.25) is 0 Å². The first-order valence-corrected chi connectivity index (χ1v) is 10.9. The van der Waals surface area contributed by atoms with Gasteiger partial charge in [0.25, 0.3) is 5.91 Å². The maximum atomic E-state index is 12.9. The van der Waals surface area contributed by atoms with Crippen LogP contribution in [-0.2, 0) is 33.8 Å². The normalized spacial score (nSPS) is 17.9. The third kappa shape index (κ3) is 4.39. The van der Waals surface area contributed by atoms with Crippen molar-refractivity contribution in [2.45, 2.75) is 58.5 Å². The fourth-order valence-electron chi connectivity index (χ4n) is 4.28. The van der Waals surface area contributed by atoms with E-state index < -0.39 is 11.9 Å². The molecule has 3 heterocycles. The van der Waals surface area contributed by atoms with E-state index in [1.54, 1.807) is 12.3 Å². The van der Waals surface area contributed by atoms with Crippen LogP contribution in [0.3, 0.4) is 0 Å². The second-order valence-electron chi connectivity index (χ2n) is 8.28. The number of carbonyl (C=O) groups is 4. The summed E-state index contributed by atoms with van der Waals surface area (Å²) < 4.78 is 0. The van der Waals surface area contributed by atoms with Crippen molar-refractivity contribution in [3.63, 3.8) is 0 Å². The molecule has 1 aromatic carbocycles. The Hall–Kier alpha value is -3.55. The van der Waals surface area contributed by atoms with Crippen molar-refractivity contribution in [2.75, 3.05) is 5.32 Å². The molecular weight excluding hydrogens is 408 g/mol. The molecule has 1 unspecified atom stereocenters. The smallest absolute Gasteiger partial charge is 0.255 e. The lowest BCUT2D eigenvalue weighted by molar-refractivity contribution is -0.137. The summed E-state index contributed by atoms with van der Waals surface area (Å²) in [5.41, 5.74) is 5.02. The Morgan fingerprint density at radius 1 is 1.25 bits per heavy atom. The number of pyridine rings is 1. The van der Waals surface area contributed by atoms with Crippen molar-refractivity contribution in [3.05, 3.63) is 58.4 Å². The first-order valence-electron chi connectivity index (χ1n) is 10.9. The Labute approximate surface area is 186 Å². The van der Waals surface area contributed by atoms with Gasteiger partial charge in [0.2, 0.25) is 17.7 Å². The molecule has 0 aliphatic carbocycles. The van der Waals surface area contributed by atoms with Gasteiger partial charge in [0.15, 0.2) is 0 Å². The molecule has 4 amide bonds. The van der Waals surface area contributed by atoms with E-state index in [1.807, 2.05) is 32.0 Å². The lowest BCUT2D eigenvalue weighted by Crippen LogP contribution is -2.52. The average Bonchev–Trinajstić information content (AvgIpc) is 3.08. The van der Waals surface area contributed by atoms with Crippen molar-refractivity contribution < 1.29 is 19.2 Å². The number of piperidine rings is 1. The fourth-order valence-corrected chi connectivity index (χ4v) is 4.28. The minimum atomic E-state index is -0.627. The van der Waals surface area contributed by atoms with Gasteiger partial charge in [-0.1, -0.05) is 19.1 Å². The zero-order chi connectivity index (χ0) is 22.8. The lowest BCUT2D eigenvalue weighted by atomic mass is 10.0. The van der Waals surface area contributed by atoms with Crippen LogP contribution < -0.4 is 10.6 Å². The maximum Gasteiger partial charge on any atom is 0.255 e. The highest BCUT2D eigenvalue weighted by Crippen LogP contribution is 2.28. The van der Waals surface area contributed by atoms with Crippen LogP contribution in [0.1, 0.15) is 58.9 Å². The van der Waals surface area contributed by atoms with Gasteiger partial charge in [0.05, 0.1) is 11.9 Å².